The van der Waals surface area contributed by atoms with Crippen LogP contribution in [0.15, 0.2) is 83.8 Å². The molecule has 0 spiro atoms. The summed E-state index contributed by atoms with van der Waals surface area (Å²) >= 11 is 0. The third-order valence-corrected chi connectivity index (χ3v) is 9.85. The SMILES string of the molecule is COc1ccc(S(=O)(=O)N(c2ccc(F)cc2)C2CCN([C@@H]3CCCC[C@@H]3c3ccccc3)CC2)cc1. The van der Waals surface area contributed by atoms with E-state index >= 15 is 0 Å². The minimum Gasteiger partial charge on any atom is -0.497 e. The van der Waals surface area contributed by atoms with Gasteiger partial charge in [-0.15, -0.1) is 0 Å². The normalized spacial score (nSPS) is 21.5. The van der Waals surface area contributed by atoms with Crippen LogP contribution in [0.4, 0.5) is 10.1 Å². The van der Waals surface area contributed by atoms with Crippen molar-refractivity contribution in [2.24, 2.45) is 0 Å². The van der Waals surface area contributed by atoms with Gasteiger partial charge < -0.3 is 4.74 Å². The molecule has 0 amide bonds. The lowest BCUT2D eigenvalue weighted by molar-refractivity contribution is 0.107. The van der Waals surface area contributed by atoms with E-state index in [9.17, 15) is 12.8 Å². The van der Waals surface area contributed by atoms with E-state index in [2.05, 4.69) is 35.2 Å². The van der Waals surface area contributed by atoms with E-state index in [-0.39, 0.29) is 16.8 Å². The smallest absolute Gasteiger partial charge is 0.264 e. The van der Waals surface area contributed by atoms with Gasteiger partial charge in [-0.25, -0.2) is 12.8 Å². The van der Waals surface area contributed by atoms with Gasteiger partial charge in [0, 0.05) is 25.2 Å². The molecule has 0 radical (unpaired) electrons. The summed E-state index contributed by atoms with van der Waals surface area (Å²) in [5.74, 6) is 0.730. The average molecular weight is 523 g/mol. The van der Waals surface area contributed by atoms with Crippen LogP contribution < -0.4 is 9.04 Å². The molecule has 0 unspecified atom stereocenters. The molecule has 2 aliphatic rings. The highest BCUT2D eigenvalue weighted by Gasteiger charge is 2.38. The van der Waals surface area contributed by atoms with Crippen molar-refractivity contribution < 1.29 is 17.5 Å². The highest BCUT2D eigenvalue weighted by atomic mass is 32.2. The molecular formula is C30H35FN2O3S. The van der Waals surface area contributed by atoms with Crippen LogP contribution in [0.1, 0.15) is 50.0 Å². The molecule has 1 saturated heterocycles. The standard InChI is InChI=1S/C30H35FN2O3S/c1-36-27-15-17-28(18-16-27)37(34,35)33(25-13-11-24(31)12-14-25)26-19-21-32(22-20-26)30-10-6-5-9-29(30)23-7-3-2-4-8-23/h2-4,7-8,11-18,26,29-30H,5-6,9-10,19-22H2,1H3/t29-,30-/m1/s1. The molecule has 2 fully saturated rings. The Hall–Kier alpha value is -2.90. The minimum absolute atomic E-state index is 0.201. The largest absolute Gasteiger partial charge is 0.497 e. The van der Waals surface area contributed by atoms with Crippen LogP contribution in [-0.4, -0.2) is 45.6 Å². The molecule has 196 valence electrons. The van der Waals surface area contributed by atoms with Crippen LogP contribution in [0, 0.1) is 5.82 Å². The molecular weight excluding hydrogens is 487 g/mol. The molecule has 5 rings (SSSR count). The zero-order valence-corrected chi connectivity index (χ0v) is 22.1. The van der Waals surface area contributed by atoms with E-state index in [0.717, 1.165) is 25.9 Å². The van der Waals surface area contributed by atoms with Crippen molar-refractivity contribution in [3.05, 3.63) is 90.2 Å². The first-order chi connectivity index (χ1) is 18.0. The van der Waals surface area contributed by atoms with Gasteiger partial charge in [0.25, 0.3) is 10.0 Å². The molecule has 1 aliphatic heterocycles. The Morgan fingerprint density at radius 3 is 2.14 bits per heavy atom. The van der Waals surface area contributed by atoms with E-state index < -0.39 is 10.0 Å². The number of piperidine rings is 1. The first kappa shape index (κ1) is 25.7. The number of hydrogen-bond acceptors (Lipinski definition) is 4. The van der Waals surface area contributed by atoms with Crippen LogP contribution in [0.3, 0.4) is 0 Å². The molecule has 7 heteroatoms. The highest BCUT2D eigenvalue weighted by Crippen LogP contribution is 2.38. The van der Waals surface area contributed by atoms with E-state index in [1.165, 1.54) is 47.7 Å². The van der Waals surface area contributed by atoms with Crippen LogP contribution in [-0.2, 0) is 10.0 Å². The predicted molar refractivity (Wildman–Crippen MR) is 145 cm³/mol. The lowest BCUT2D eigenvalue weighted by Gasteiger charge is -2.45. The first-order valence-electron chi connectivity index (χ1n) is 13.2. The van der Waals surface area contributed by atoms with Crippen molar-refractivity contribution in [1.82, 2.24) is 4.90 Å². The maximum absolute atomic E-state index is 13.9. The summed E-state index contributed by atoms with van der Waals surface area (Å²) in [5.41, 5.74) is 1.90. The number of ether oxygens (including phenoxy) is 1. The lowest BCUT2D eigenvalue weighted by atomic mass is 9.78. The predicted octanol–water partition coefficient (Wildman–Crippen LogP) is 6.22. The molecule has 3 aromatic carbocycles. The average Bonchev–Trinajstić information content (AvgIpc) is 2.95. The molecule has 0 bridgehead atoms. The van der Waals surface area contributed by atoms with Crippen molar-refractivity contribution in [2.75, 3.05) is 24.5 Å². The summed E-state index contributed by atoms with van der Waals surface area (Å²) in [6.45, 7) is 1.68. The minimum atomic E-state index is -3.85. The van der Waals surface area contributed by atoms with Crippen LogP contribution in [0.5, 0.6) is 5.75 Å². The van der Waals surface area contributed by atoms with Gasteiger partial charge in [0.05, 0.1) is 17.7 Å². The number of rotatable bonds is 7. The monoisotopic (exact) mass is 522 g/mol. The second-order valence-electron chi connectivity index (χ2n) is 10.1. The summed E-state index contributed by atoms with van der Waals surface area (Å²) in [7, 11) is -2.30. The van der Waals surface area contributed by atoms with Gasteiger partial charge in [-0.1, -0.05) is 43.2 Å². The molecule has 3 aromatic rings. The van der Waals surface area contributed by atoms with Crippen LogP contribution >= 0.6 is 0 Å². The van der Waals surface area contributed by atoms with E-state index in [4.69, 9.17) is 4.74 Å². The third kappa shape index (κ3) is 5.53. The van der Waals surface area contributed by atoms with Gasteiger partial charge in [-0.3, -0.25) is 9.21 Å². The quantitative estimate of drug-likeness (QED) is 0.370. The molecule has 1 heterocycles. The number of halogens is 1. The Bertz CT molecular complexity index is 1260. The lowest BCUT2D eigenvalue weighted by Crippen LogP contribution is -2.51. The molecule has 2 atom stereocenters. The second-order valence-corrected chi connectivity index (χ2v) is 11.9. The maximum atomic E-state index is 13.9. The van der Waals surface area contributed by atoms with E-state index in [1.54, 1.807) is 43.5 Å². The zero-order chi connectivity index (χ0) is 25.8. The molecule has 37 heavy (non-hydrogen) atoms. The van der Waals surface area contributed by atoms with Gasteiger partial charge in [-0.05, 0) is 85.7 Å². The Balaban J connectivity index is 1.38. The number of hydrogen-bond donors (Lipinski definition) is 0. The third-order valence-electron chi connectivity index (χ3n) is 7.95. The van der Waals surface area contributed by atoms with Crippen molar-refractivity contribution in [3.63, 3.8) is 0 Å². The van der Waals surface area contributed by atoms with Crippen molar-refractivity contribution in [1.29, 1.82) is 0 Å². The van der Waals surface area contributed by atoms with Gasteiger partial charge in [0.1, 0.15) is 11.6 Å². The number of sulfonamides is 1. The van der Waals surface area contributed by atoms with Gasteiger partial charge in [0.15, 0.2) is 0 Å². The van der Waals surface area contributed by atoms with Crippen molar-refractivity contribution >= 4 is 15.7 Å². The van der Waals surface area contributed by atoms with Crippen LogP contribution in [0.25, 0.3) is 0 Å². The summed E-state index contributed by atoms with van der Waals surface area (Å²) in [5, 5.41) is 0. The van der Waals surface area contributed by atoms with Gasteiger partial charge >= 0.3 is 0 Å². The fraction of sp³-hybridized carbons (Fsp3) is 0.400. The second kappa shape index (κ2) is 11.2. The Morgan fingerprint density at radius 2 is 1.49 bits per heavy atom. The van der Waals surface area contributed by atoms with E-state index in [0.29, 0.717) is 23.4 Å². The summed E-state index contributed by atoms with van der Waals surface area (Å²) in [6, 6.07) is 23.3. The summed E-state index contributed by atoms with van der Waals surface area (Å²) in [6.07, 6.45) is 6.32. The fourth-order valence-corrected chi connectivity index (χ4v) is 7.79. The number of nitrogens with zero attached hydrogens (tertiary/aromatic N) is 2. The summed E-state index contributed by atoms with van der Waals surface area (Å²) in [4.78, 5) is 2.78. The number of likely N-dealkylation sites (tertiary alicyclic amines) is 1. The molecule has 0 aromatic heterocycles. The Morgan fingerprint density at radius 1 is 0.838 bits per heavy atom. The number of methoxy groups -OCH3 is 1. The topological polar surface area (TPSA) is 49.9 Å². The van der Waals surface area contributed by atoms with E-state index in [1.807, 2.05) is 0 Å². The molecule has 0 N–H and O–H groups in total. The summed E-state index contributed by atoms with van der Waals surface area (Å²) < 4.78 is 48.3. The number of anilines is 1. The highest BCUT2D eigenvalue weighted by molar-refractivity contribution is 7.92. The van der Waals surface area contributed by atoms with Crippen molar-refractivity contribution in [3.8, 4) is 5.75 Å². The first-order valence-corrected chi connectivity index (χ1v) is 14.6. The van der Waals surface area contributed by atoms with Crippen LogP contribution in [0.2, 0.25) is 0 Å². The zero-order valence-electron chi connectivity index (χ0n) is 21.3. The number of benzene rings is 3. The molecule has 1 saturated carbocycles. The molecule has 1 aliphatic carbocycles. The van der Waals surface area contributed by atoms with Gasteiger partial charge in [-0.2, -0.15) is 0 Å². The fourth-order valence-electron chi connectivity index (χ4n) is 6.08. The Labute approximate surface area is 219 Å². The van der Waals surface area contributed by atoms with Gasteiger partial charge in [0.2, 0.25) is 0 Å². The van der Waals surface area contributed by atoms with Crippen molar-refractivity contribution in [2.45, 2.75) is 61.4 Å². The molecule has 5 nitrogen and oxygen atoms in total. The Kier molecular flexibility index (Phi) is 7.81. The maximum Gasteiger partial charge on any atom is 0.264 e.